The van der Waals surface area contributed by atoms with E-state index in [4.69, 9.17) is 9.97 Å². The fourth-order valence-electron chi connectivity index (χ4n) is 10.8. The highest BCUT2D eigenvalue weighted by Crippen LogP contribution is 2.38. The largest absolute Gasteiger partial charge is 0.309 e. The van der Waals surface area contributed by atoms with Crippen LogP contribution in [-0.2, 0) is 0 Å². The van der Waals surface area contributed by atoms with Gasteiger partial charge in [-0.05, 0) is 68.3 Å². The molecular weight excluding hydrogens is 853 g/mol. The highest BCUT2D eigenvalue weighted by atomic mass is 28.3. The fourth-order valence-corrected chi connectivity index (χ4v) is 15.5. The minimum atomic E-state index is -2.74. The van der Waals surface area contributed by atoms with Crippen LogP contribution in [-0.4, -0.2) is 27.2 Å². The zero-order chi connectivity index (χ0) is 45.7. The van der Waals surface area contributed by atoms with E-state index in [1.165, 1.54) is 48.1 Å². The van der Waals surface area contributed by atoms with Crippen molar-refractivity contribution < 1.29 is 0 Å². The van der Waals surface area contributed by atoms with Gasteiger partial charge in [-0.15, -0.1) is 0 Å². The van der Waals surface area contributed by atoms with Crippen LogP contribution < -0.4 is 20.7 Å². The van der Waals surface area contributed by atoms with Crippen LogP contribution in [0.4, 0.5) is 0 Å². The summed E-state index contributed by atoms with van der Waals surface area (Å²) >= 11 is 0. The van der Waals surface area contributed by atoms with Gasteiger partial charge in [-0.2, -0.15) is 0 Å². The maximum atomic E-state index is 5.52. The molecule has 0 spiro atoms. The Morgan fingerprint density at radius 3 is 1.23 bits per heavy atom. The molecule has 0 aliphatic heterocycles. The standard InChI is InChI=1S/C64H44N4Si/c1-5-19-45(20-6-1)46-33-35-47(36-34-46)58-44-63(68-61-32-18-15-29-56(61)57-43-49(39-42-62(57)68)67-59-30-16-13-27-54(59)55-28-14-17-31-60(55)67)66-64(65-58)48-37-40-53(41-38-48)69(50-21-7-2-8-22-50,51-23-9-3-10-24-51)52-25-11-4-12-26-52/h1-44H. The lowest BCUT2D eigenvalue weighted by atomic mass is 10.0. The summed E-state index contributed by atoms with van der Waals surface area (Å²) in [6.45, 7) is 0. The highest BCUT2D eigenvalue weighted by Gasteiger charge is 2.41. The first kappa shape index (κ1) is 40.4. The smallest absolute Gasteiger partial charge is 0.179 e. The van der Waals surface area contributed by atoms with E-state index >= 15 is 0 Å². The number of rotatable bonds is 9. The SMILES string of the molecule is c1ccc(-c2ccc(-c3cc(-n4c5ccccc5c5cc(-n6c7ccccc7c7ccccc76)ccc54)nc(-c4ccc([Si](c5ccccc5)(c5ccccc5)c5ccccc5)cc4)n3)cc2)cc1. The molecule has 3 heterocycles. The number of hydrogen-bond acceptors (Lipinski definition) is 2. The molecule has 3 aromatic heterocycles. The van der Waals surface area contributed by atoms with Gasteiger partial charge >= 0.3 is 0 Å². The van der Waals surface area contributed by atoms with Gasteiger partial charge in [0.1, 0.15) is 5.82 Å². The van der Waals surface area contributed by atoms with Crippen molar-refractivity contribution in [3.63, 3.8) is 0 Å². The van der Waals surface area contributed by atoms with E-state index in [0.717, 1.165) is 55.7 Å². The van der Waals surface area contributed by atoms with Crippen LogP contribution in [0.1, 0.15) is 0 Å². The van der Waals surface area contributed by atoms with Gasteiger partial charge in [0, 0.05) is 44.4 Å². The van der Waals surface area contributed by atoms with Crippen LogP contribution in [0.25, 0.3) is 88.9 Å². The van der Waals surface area contributed by atoms with Crippen molar-refractivity contribution in [2.75, 3.05) is 0 Å². The molecule has 0 N–H and O–H groups in total. The van der Waals surface area contributed by atoms with Gasteiger partial charge in [-0.25, -0.2) is 9.97 Å². The number of nitrogens with zero attached hydrogens (tertiary/aromatic N) is 4. The average Bonchev–Trinajstić information content (AvgIpc) is 3.95. The molecule has 5 heteroatoms. The zero-order valence-corrected chi connectivity index (χ0v) is 38.7. The molecule has 0 atom stereocenters. The fraction of sp³-hybridized carbons (Fsp3) is 0. The second-order valence-electron chi connectivity index (χ2n) is 17.7. The van der Waals surface area contributed by atoms with E-state index < -0.39 is 8.07 Å². The molecule has 13 aromatic rings. The van der Waals surface area contributed by atoms with Crippen molar-refractivity contribution in [2.45, 2.75) is 0 Å². The van der Waals surface area contributed by atoms with Crippen LogP contribution in [0.5, 0.6) is 0 Å². The summed E-state index contributed by atoms with van der Waals surface area (Å²) in [7, 11) is -2.74. The first-order valence-corrected chi connectivity index (χ1v) is 25.6. The highest BCUT2D eigenvalue weighted by molar-refractivity contribution is 7.19. The van der Waals surface area contributed by atoms with Crippen molar-refractivity contribution in [3.05, 3.63) is 267 Å². The van der Waals surface area contributed by atoms with Crippen molar-refractivity contribution in [1.29, 1.82) is 0 Å². The molecule has 0 aliphatic carbocycles. The number of aromatic nitrogens is 4. The van der Waals surface area contributed by atoms with Crippen molar-refractivity contribution >= 4 is 72.4 Å². The molecule has 69 heavy (non-hydrogen) atoms. The summed E-state index contributed by atoms with van der Waals surface area (Å²) in [6, 6.07) is 96.7. The first-order valence-electron chi connectivity index (χ1n) is 23.6. The predicted molar refractivity (Wildman–Crippen MR) is 291 cm³/mol. The Morgan fingerprint density at radius 1 is 0.275 bits per heavy atom. The number of benzene rings is 10. The Bertz CT molecular complexity index is 3830. The third-order valence-corrected chi connectivity index (χ3v) is 18.7. The Kier molecular flexibility index (Phi) is 9.81. The van der Waals surface area contributed by atoms with Gasteiger partial charge in [0.2, 0.25) is 0 Å². The molecule has 0 unspecified atom stereocenters. The molecule has 0 amide bonds. The minimum absolute atomic E-state index is 0.667. The molecule has 0 bridgehead atoms. The summed E-state index contributed by atoms with van der Waals surface area (Å²) in [6.07, 6.45) is 0. The lowest BCUT2D eigenvalue weighted by Crippen LogP contribution is -2.74. The second kappa shape index (κ2) is 16.8. The van der Waals surface area contributed by atoms with Crippen LogP contribution in [0.2, 0.25) is 0 Å². The van der Waals surface area contributed by atoms with Crippen LogP contribution >= 0.6 is 0 Å². The number of hydrogen-bond donors (Lipinski definition) is 0. The normalized spacial score (nSPS) is 11.8. The lowest BCUT2D eigenvalue weighted by Gasteiger charge is -2.34. The van der Waals surface area contributed by atoms with Gasteiger partial charge in [0.05, 0.1) is 27.8 Å². The molecule has 10 aromatic carbocycles. The summed E-state index contributed by atoms with van der Waals surface area (Å²) < 4.78 is 4.71. The Balaban J connectivity index is 1.00. The number of para-hydroxylation sites is 3. The topological polar surface area (TPSA) is 35.6 Å². The van der Waals surface area contributed by atoms with E-state index in [-0.39, 0.29) is 0 Å². The van der Waals surface area contributed by atoms with Gasteiger partial charge in [0.15, 0.2) is 13.9 Å². The third-order valence-electron chi connectivity index (χ3n) is 13.9. The van der Waals surface area contributed by atoms with E-state index in [9.17, 15) is 0 Å². The Labute approximate surface area is 401 Å². The zero-order valence-electron chi connectivity index (χ0n) is 37.7. The minimum Gasteiger partial charge on any atom is -0.309 e. The monoisotopic (exact) mass is 896 g/mol. The van der Waals surface area contributed by atoms with Crippen molar-refractivity contribution in [2.24, 2.45) is 0 Å². The van der Waals surface area contributed by atoms with Gasteiger partial charge in [-0.3, -0.25) is 4.57 Å². The van der Waals surface area contributed by atoms with E-state index in [1.807, 2.05) is 0 Å². The predicted octanol–water partition coefficient (Wildman–Crippen LogP) is 13.0. The van der Waals surface area contributed by atoms with E-state index in [2.05, 4.69) is 276 Å². The van der Waals surface area contributed by atoms with Crippen molar-refractivity contribution in [1.82, 2.24) is 19.1 Å². The van der Waals surface area contributed by atoms with E-state index in [0.29, 0.717) is 5.82 Å². The second-order valence-corrected chi connectivity index (χ2v) is 21.5. The lowest BCUT2D eigenvalue weighted by molar-refractivity contribution is 1.05. The molecule has 0 saturated heterocycles. The van der Waals surface area contributed by atoms with Gasteiger partial charge < -0.3 is 4.57 Å². The maximum Gasteiger partial charge on any atom is 0.179 e. The Hall–Kier alpha value is -8.90. The van der Waals surface area contributed by atoms with Gasteiger partial charge in [-0.1, -0.05) is 224 Å². The molecule has 0 fully saturated rings. The molecule has 4 nitrogen and oxygen atoms in total. The molecule has 0 saturated carbocycles. The average molecular weight is 897 g/mol. The maximum absolute atomic E-state index is 5.52. The van der Waals surface area contributed by atoms with Gasteiger partial charge in [0.25, 0.3) is 0 Å². The molecule has 13 rings (SSSR count). The third kappa shape index (κ3) is 6.74. The molecular formula is C64H44N4Si. The summed E-state index contributed by atoms with van der Waals surface area (Å²) in [4.78, 5) is 10.9. The first-order chi connectivity index (χ1) is 34.2. The molecule has 0 aliphatic rings. The van der Waals surface area contributed by atoms with Crippen molar-refractivity contribution in [3.8, 4) is 45.3 Å². The number of fused-ring (bicyclic) bond motifs is 6. The summed E-state index contributed by atoms with van der Waals surface area (Å²) in [5.41, 5.74) is 10.8. The van der Waals surface area contributed by atoms with Crippen LogP contribution in [0.15, 0.2) is 267 Å². The Morgan fingerprint density at radius 2 is 0.681 bits per heavy atom. The van der Waals surface area contributed by atoms with Crippen LogP contribution in [0.3, 0.4) is 0 Å². The van der Waals surface area contributed by atoms with Crippen LogP contribution in [0, 0.1) is 0 Å². The van der Waals surface area contributed by atoms with E-state index in [1.54, 1.807) is 0 Å². The molecule has 0 radical (unpaired) electrons. The quantitative estimate of drug-likeness (QED) is 0.107. The summed E-state index contributed by atoms with van der Waals surface area (Å²) in [5.74, 6) is 1.48. The molecule has 324 valence electrons. The summed E-state index contributed by atoms with van der Waals surface area (Å²) in [5, 5.41) is 10.1.